The van der Waals surface area contributed by atoms with Crippen molar-refractivity contribution in [3.63, 3.8) is 0 Å². The van der Waals surface area contributed by atoms with Crippen LogP contribution >= 0.6 is 11.3 Å². The lowest BCUT2D eigenvalue weighted by atomic mass is 10.1. The molecule has 1 aromatic carbocycles. The Hall–Kier alpha value is -2.73. The van der Waals surface area contributed by atoms with Crippen LogP contribution in [0.4, 0.5) is 16.6 Å². The molecule has 3 aromatic rings. The van der Waals surface area contributed by atoms with Crippen molar-refractivity contribution >= 4 is 33.9 Å². The molecule has 0 atom stereocenters. The Morgan fingerprint density at radius 1 is 1.17 bits per heavy atom. The number of pyridine rings is 1. The fourth-order valence-corrected chi connectivity index (χ4v) is 2.90. The van der Waals surface area contributed by atoms with E-state index in [1.54, 1.807) is 6.20 Å². The van der Waals surface area contributed by atoms with Gasteiger partial charge in [0, 0.05) is 17.3 Å². The van der Waals surface area contributed by atoms with Crippen LogP contribution < -0.4 is 10.6 Å². The Morgan fingerprint density at radius 2 is 2.00 bits per heavy atom. The number of hydrogen-bond acceptors (Lipinski definition) is 5. The lowest BCUT2D eigenvalue weighted by Gasteiger charge is -2.05. The molecule has 0 spiro atoms. The molecule has 0 saturated carbocycles. The monoisotopic (exact) mass is 338 g/mol. The van der Waals surface area contributed by atoms with Crippen molar-refractivity contribution in [3.05, 3.63) is 65.3 Å². The highest BCUT2D eigenvalue weighted by atomic mass is 32.1. The van der Waals surface area contributed by atoms with Crippen LogP contribution in [-0.2, 0) is 17.6 Å². The van der Waals surface area contributed by atoms with Crippen LogP contribution in [0.15, 0.2) is 54.0 Å². The summed E-state index contributed by atoms with van der Waals surface area (Å²) in [6, 6.07) is 13.5. The number of amides is 1. The van der Waals surface area contributed by atoms with E-state index in [1.165, 1.54) is 16.9 Å². The standard InChI is InChI=1S/C18H18N4OS/c1-2-13-6-8-14(9-7-13)20-17(23)11-15-12-24-18(21-15)22-16-5-3-4-10-19-16/h3-10,12H,2,11H2,1H3,(H,20,23)(H,19,21,22). The van der Waals surface area contributed by atoms with Crippen molar-refractivity contribution in [1.82, 2.24) is 9.97 Å². The summed E-state index contributed by atoms with van der Waals surface area (Å²) in [5.41, 5.74) is 2.79. The average Bonchev–Trinajstić information content (AvgIpc) is 3.03. The number of aromatic nitrogens is 2. The molecule has 0 fully saturated rings. The normalized spacial score (nSPS) is 10.4. The molecule has 0 aliphatic carbocycles. The van der Waals surface area contributed by atoms with Crippen molar-refractivity contribution in [3.8, 4) is 0 Å². The Balaban J connectivity index is 1.56. The number of rotatable bonds is 6. The first-order valence-electron chi connectivity index (χ1n) is 7.74. The van der Waals surface area contributed by atoms with Gasteiger partial charge in [0.1, 0.15) is 5.82 Å². The topological polar surface area (TPSA) is 66.9 Å². The molecule has 0 radical (unpaired) electrons. The van der Waals surface area contributed by atoms with Crippen LogP contribution in [0.5, 0.6) is 0 Å². The minimum absolute atomic E-state index is 0.0751. The molecule has 0 aliphatic heterocycles. The van der Waals surface area contributed by atoms with Crippen molar-refractivity contribution in [2.75, 3.05) is 10.6 Å². The first kappa shape index (κ1) is 16.1. The van der Waals surface area contributed by atoms with E-state index in [2.05, 4.69) is 27.5 Å². The third-order valence-corrected chi connectivity index (χ3v) is 4.25. The predicted molar refractivity (Wildman–Crippen MR) is 97.8 cm³/mol. The zero-order chi connectivity index (χ0) is 16.8. The van der Waals surface area contributed by atoms with E-state index in [9.17, 15) is 4.79 Å². The highest BCUT2D eigenvalue weighted by molar-refractivity contribution is 7.13. The molecule has 2 N–H and O–H groups in total. The Kier molecular flexibility index (Phi) is 5.18. The zero-order valence-electron chi connectivity index (χ0n) is 13.3. The van der Waals surface area contributed by atoms with Crippen molar-refractivity contribution < 1.29 is 4.79 Å². The molecular formula is C18H18N4OS. The molecule has 1 amide bonds. The van der Waals surface area contributed by atoms with Gasteiger partial charge < -0.3 is 10.6 Å². The van der Waals surface area contributed by atoms with Crippen molar-refractivity contribution in [2.45, 2.75) is 19.8 Å². The molecule has 0 saturated heterocycles. The molecule has 0 bridgehead atoms. The molecule has 0 aliphatic rings. The van der Waals surface area contributed by atoms with E-state index < -0.39 is 0 Å². The Labute approximate surface area is 144 Å². The summed E-state index contributed by atoms with van der Waals surface area (Å²) in [6.07, 6.45) is 2.95. The van der Waals surface area contributed by atoms with Crippen LogP contribution in [0.3, 0.4) is 0 Å². The van der Waals surface area contributed by atoms with Crippen LogP contribution in [0.1, 0.15) is 18.2 Å². The first-order valence-corrected chi connectivity index (χ1v) is 8.62. The fraction of sp³-hybridized carbons (Fsp3) is 0.167. The maximum Gasteiger partial charge on any atom is 0.230 e. The second-order valence-electron chi connectivity index (χ2n) is 5.26. The van der Waals surface area contributed by atoms with Crippen LogP contribution in [-0.4, -0.2) is 15.9 Å². The van der Waals surface area contributed by atoms with Gasteiger partial charge in [-0.2, -0.15) is 0 Å². The largest absolute Gasteiger partial charge is 0.326 e. The summed E-state index contributed by atoms with van der Waals surface area (Å²) in [6.45, 7) is 2.10. The number of benzene rings is 1. The van der Waals surface area contributed by atoms with Gasteiger partial charge in [-0.05, 0) is 36.2 Å². The predicted octanol–water partition coefficient (Wildman–Crippen LogP) is 4.03. The van der Waals surface area contributed by atoms with Gasteiger partial charge in [-0.1, -0.05) is 25.1 Å². The van der Waals surface area contributed by atoms with E-state index in [-0.39, 0.29) is 12.3 Å². The van der Waals surface area contributed by atoms with E-state index in [1.807, 2.05) is 47.8 Å². The average molecular weight is 338 g/mol. The van der Waals surface area contributed by atoms with Gasteiger partial charge in [0.2, 0.25) is 5.91 Å². The van der Waals surface area contributed by atoms with Gasteiger partial charge in [-0.15, -0.1) is 11.3 Å². The zero-order valence-corrected chi connectivity index (χ0v) is 14.1. The summed E-state index contributed by atoms with van der Waals surface area (Å²) in [5, 5.41) is 8.62. The highest BCUT2D eigenvalue weighted by Crippen LogP contribution is 2.20. The number of nitrogens with zero attached hydrogens (tertiary/aromatic N) is 2. The lowest BCUT2D eigenvalue weighted by molar-refractivity contribution is -0.115. The first-order chi connectivity index (χ1) is 11.7. The SMILES string of the molecule is CCc1ccc(NC(=O)Cc2csc(Nc3ccccn3)n2)cc1. The number of thiazole rings is 1. The van der Waals surface area contributed by atoms with Crippen molar-refractivity contribution in [1.29, 1.82) is 0 Å². The Bertz CT molecular complexity index is 799. The number of aryl methyl sites for hydroxylation is 1. The number of hydrogen-bond donors (Lipinski definition) is 2. The number of carbonyl (C=O) groups is 1. The van der Waals surface area contributed by atoms with Crippen molar-refractivity contribution in [2.24, 2.45) is 0 Å². The smallest absolute Gasteiger partial charge is 0.230 e. The van der Waals surface area contributed by atoms with Gasteiger partial charge >= 0.3 is 0 Å². The number of carbonyl (C=O) groups excluding carboxylic acids is 1. The fourth-order valence-electron chi connectivity index (χ4n) is 2.19. The number of nitrogens with one attached hydrogen (secondary N) is 2. The maximum absolute atomic E-state index is 12.1. The summed E-state index contributed by atoms with van der Waals surface area (Å²) in [4.78, 5) is 20.7. The highest BCUT2D eigenvalue weighted by Gasteiger charge is 2.08. The van der Waals surface area contributed by atoms with Gasteiger partial charge in [-0.25, -0.2) is 9.97 Å². The second kappa shape index (κ2) is 7.70. The third-order valence-electron chi connectivity index (χ3n) is 3.44. The van der Waals surface area contributed by atoms with Crippen LogP contribution in [0.2, 0.25) is 0 Å². The summed E-state index contributed by atoms with van der Waals surface area (Å²) in [5.74, 6) is 0.660. The Morgan fingerprint density at radius 3 is 2.71 bits per heavy atom. The minimum atomic E-state index is -0.0751. The van der Waals surface area contributed by atoms with Crippen LogP contribution in [0.25, 0.3) is 0 Å². The second-order valence-corrected chi connectivity index (χ2v) is 6.12. The lowest BCUT2D eigenvalue weighted by Crippen LogP contribution is -2.14. The minimum Gasteiger partial charge on any atom is -0.326 e. The molecule has 24 heavy (non-hydrogen) atoms. The molecule has 2 aromatic heterocycles. The van der Waals surface area contributed by atoms with E-state index in [0.29, 0.717) is 0 Å². The third kappa shape index (κ3) is 4.39. The molecule has 122 valence electrons. The summed E-state index contributed by atoms with van der Waals surface area (Å²) >= 11 is 1.46. The summed E-state index contributed by atoms with van der Waals surface area (Å²) < 4.78 is 0. The molecular weight excluding hydrogens is 320 g/mol. The van der Waals surface area contributed by atoms with E-state index in [0.717, 1.165) is 28.8 Å². The molecule has 3 rings (SSSR count). The summed E-state index contributed by atoms with van der Waals surface area (Å²) in [7, 11) is 0. The maximum atomic E-state index is 12.1. The van der Waals surface area contributed by atoms with Gasteiger partial charge in [0.15, 0.2) is 5.13 Å². The quantitative estimate of drug-likeness (QED) is 0.712. The molecule has 0 unspecified atom stereocenters. The van der Waals surface area contributed by atoms with Gasteiger partial charge in [0.25, 0.3) is 0 Å². The molecule has 5 nitrogen and oxygen atoms in total. The molecule has 6 heteroatoms. The van der Waals surface area contributed by atoms with Gasteiger partial charge in [0.05, 0.1) is 12.1 Å². The number of anilines is 3. The van der Waals surface area contributed by atoms with Gasteiger partial charge in [-0.3, -0.25) is 4.79 Å². The molecule has 2 heterocycles. The van der Waals surface area contributed by atoms with Crippen LogP contribution in [0, 0.1) is 0 Å². The van der Waals surface area contributed by atoms with E-state index in [4.69, 9.17) is 0 Å². The van der Waals surface area contributed by atoms with E-state index >= 15 is 0 Å².